The van der Waals surface area contributed by atoms with Gasteiger partial charge in [0.2, 0.25) is 0 Å². The van der Waals surface area contributed by atoms with Crippen LogP contribution in [-0.2, 0) is 13.2 Å². The summed E-state index contributed by atoms with van der Waals surface area (Å²) in [4.78, 5) is 0. The van der Waals surface area contributed by atoms with Gasteiger partial charge in [0.05, 0.1) is 0 Å². The molecule has 0 saturated heterocycles. The minimum Gasteiger partial charge on any atom is -0.486 e. The van der Waals surface area contributed by atoms with Crippen molar-refractivity contribution < 1.29 is 9.15 Å². The second kappa shape index (κ2) is 6.81. The van der Waals surface area contributed by atoms with E-state index in [9.17, 15) is 0 Å². The standard InChI is InChI=1S/C18H25NO2/c1-12(2)19-10-16-9-18(21-15(16)5)11-20-17-7-13(3)6-14(4)8-17/h6-9,12,19H,10-11H2,1-5H3. The molecule has 0 fully saturated rings. The molecule has 1 aromatic carbocycles. The Hall–Kier alpha value is -1.74. The van der Waals surface area contributed by atoms with E-state index < -0.39 is 0 Å². The van der Waals surface area contributed by atoms with Crippen molar-refractivity contribution in [1.29, 1.82) is 0 Å². The lowest BCUT2D eigenvalue weighted by Gasteiger charge is -2.06. The molecular weight excluding hydrogens is 262 g/mol. The fraction of sp³-hybridized carbons (Fsp3) is 0.444. The van der Waals surface area contributed by atoms with Crippen molar-refractivity contribution in [3.63, 3.8) is 0 Å². The zero-order valence-corrected chi connectivity index (χ0v) is 13.6. The molecule has 0 spiro atoms. The van der Waals surface area contributed by atoms with Crippen LogP contribution in [-0.4, -0.2) is 6.04 Å². The number of hydrogen-bond acceptors (Lipinski definition) is 3. The Kier molecular flexibility index (Phi) is 5.07. The SMILES string of the molecule is Cc1cc(C)cc(OCc2cc(CNC(C)C)c(C)o2)c1. The van der Waals surface area contributed by atoms with Crippen molar-refractivity contribution in [3.8, 4) is 5.75 Å². The normalized spacial score (nSPS) is 11.1. The van der Waals surface area contributed by atoms with Crippen molar-refractivity contribution in [2.45, 2.75) is 53.8 Å². The lowest BCUT2D eigenvalue weighted by molar-refractivity contribution is 0.267. The molecule has 0 saturated carbocycles. The van der Waals surface area contributed by atoms with E-state index in [1.54, 1.807) is 0 Å². The monoisotopic (exact) mass is 287 g/mol. The van der Waals surface area contributed by atoms with Gasteiger partial charge < -0.3 is 14.5 Å². The quantitative estimate of drug-likeness (QED) is 0.861. The zero-order valence-electron chi connectivity index (χ0n) is 13.6. The summed E-state index contributed by atoms with van der Waals surface area (Å²) in [7, 11) is 0. The van der Waals surface area contributed by atoms with Crippen LogP contribution in [0.15, 0.2) is 28.7 Å². The predicted octanol–water partition coefficient (Wildman–Crippen LogP) is 4.28. The van der Waals surface area contributed by atoms with Crippen LogP contribution in [0.1, 0.15) is 42.1 Å². The first kappa shape index (κ1) is 15.6. The molecule has 0 aliphatic heterocycles. The van der Waals surface area contributed by atoms with Gasteiger partial charge in [0.25, 0.3) is 0 Å². The number of furan rings is 1. The molecule has 3 nitrogen and oxygen atoms in total. The van der Waals surface area contributed by atoms with Crippen molar-refractivity contribution in [3.05, 3.63) is 52.5 Å². The van der Waals surface area contributed by atoms with Crippen LogP contribution in [0.3, 0.4) is 0 Å². The third-order valence-electron chi connectivity index (χ3n) is 3.35. The molecule has 1 heterocycles. The maximum atomic E-state index is 5.83. The van der Waals surface area contributed by atoms with Crippen molar-refractivity contribution >= 4 is 0 Å². The van der Waals surface area contributed by atoms with Crippen LogP contribution in [0.4, 0.5) is 0 Å². The maximum absolute atomic E-state index is 5.83. The summed E-state index contributed by atoms with van der Waals surface area (Å²) in [6.07, 6.45) is 0. The van der Waals surface area contributed by atoms with E-state index in [1.165, 1.54) is 16.7 Å². The highest BCUT2D eigenvalue weighted by Crippen LogP contribution is 2.20. The first-order chi connectivity index (χ1) is 9.94. The van der Waals surface area contributed by atoms with Gasteiger partial charge in [-0.25, -0.2) is 0 Å². The largest absolute Gasteiger partial charge is 0.486 e. The fourth-order valence-electron chi connectivity index (χ4n) is 2.32. The Bertz CT molecular complexity index is 579. The summed E-state index contributed by atoms with van der Waals surface area (Å²) in [5, 5.41) is 3.40. The van der Waals surface area contributed by atoms with E-state index in [1.807, 2.05) is 19.1 Å². The van der Waals surface area contributed by atoms with Gasteiger partial charge in [-0.05, 0) is 50.1 Å². The number of ether oxygens (including phenoxy) is 1. The molecule has 3 heteroatoms. The number of rotatable bonds is 6. The Morgan fingerprint density at radius 3 is 2.33 bits per heavy atom. The Morgan fingerprint density at radius 1 is 1.05 bits per heavy atom. The number of benzene rings is 1. The first-order valence-corrected chi connectivity index (χ1v) is 7.46. The highest BCUT2D eigenvalue weighted by molar-refractivity contribution is 5.33. The molecule has 21 heavy (non-hydrogen) atoms. The molecule has 0 aliphatic carbocycles. The number of hydrogen-bond donors (Lipinski definition) is 1. The average molecular weight is 287 g/mol. The minimum absolute atomic E-state index is 0.464. The molecule has 0 unspecified atom stereocenters. The van der Waals surface area contributed by atoms with E-state index in [4.69, 9.17) is 9.15 Å². The van der Waals surface area contributed by atoms with Crippen molar-refractivity contribution in [2.24, 2.45) is 0 Å². The van der Waals surface area contributed by atoms with E-state index in [2.05, 4.69) is 45.1 Å². The Balaban J connectivity index is 1.98. The smallest absolute Gasteiger partial charge is 0.146 e. The van der Waals surface area contributed by atoms with Gasteiger partial charge in [-0.3, -0.25) is 0 Å². The summed E-state index contributed by atoms with van der Waals surface area (Å²) < 4.78 is 11.6. The molecule has 0 atom stereocenters. The molecule has 2 rings (SSSR count). The van der Waals surface area contributed by atoms with E-state index >= 15 is 0 Å². The average Bonchev–Trinajstić information content (AvgIpc) is 2.73. The maximum Gasteiger partial charge on any atom is 0.146 e. The van der Waals surface area contributed by atoms with Crippen LogP contribution < -0.4 is 10.1 Å². The van der Waals surface area contributed by atoms with Gasteiger partial charge in [0.15, 0.2) is 0 Å². The first-order valence-electron chi connectivity index (χ1n) is 7.46. The van der Waals surface area contributed by atoms with Gasteiger partial charge in [0, 0.05) is 18.2 Å². The summed E-state index contributed by atoms with van der Waals surface area (Å²) in [5.74, 6) is 2.72. The van der Waals surface area contributed by atoms with Crippen LogP contribution in [0, 0.1) is 20.8 Å². The van der Waals surface area contributed by atoms with Gasteiger partial charge in [0.1, 0.15) is 23.9 Å². The van der Waals surface area contributed by atoms with Crippen molar-refractivity contribution in [1.82, 2.24) is 5.32 Å². The summed E-state index contributed by atoms with van der Waals surface area (Å²) in [5.41, 5.74) is 3.62. The van der Waals surface area contributed by atoms with Gasteiger partial charge in [-0.2, -0.15) is 0 Å². The van der Waals surface area contributed by atoms with E-state index in [-0.39, 0.29) is 0 Å². The summed E-state index contributed by atoms with van der Waals surface area (Å²) in [6, 6.07) is 8.77. The minimum atomic E-state index is 0.464. The summed E-state index contributed by atoms with van der Waals surface area (Å²) in [6.45, 7) is 11.7. The Morgan fingerprint density at radius 2 is 1.71 bits per heavy atom. The van der Waals surface area contributed by atoms with Crippen LogP contribution >= 0.6 is 0 Å². The molecule has 1 N–H and O–H groups in total. The molecule has 2 aromatic rings. The molecule has 0 bridgehead atoms. The third kappa shape index (κ3) is 4.64. The Labute approximate surface area is 127 Å². The highest BCUT2D eigenvalue weighted by Gasteiger charge is 2.08. The topological polar surface area (TPSA) is 34.4 Å². The van der Waals surface area contributed by atoms with Gasteiger partial charge in [-0.15, -0.1) is 0 Å². The second-order valence-electron chi connectivity index (χ2n) is 5.94. The number of aryl methyl sites for hydroxylation is 3. The van der Waals surface area contributed by atoms with Gasteiger partial charge in [-0.1, -0.05) is 19.9 Å². The zero-order chi connectivity index (χ0) is 15.4. The molecule has 0 radical (unpaired) electrons. The lowest BCUT2D eigenvalue weighted by Crippen LogP contribution is -2.21. The molecular formula is C18H25NO2. The van der Waals surface area contributed by atoms with Gasteiger partial charge >= 0.3 is 0 Å². The van der Waals surface area contributed by atoms with Crippen LogP contribution in [0.2, 0.25) is 0 Å². The van der Waals surface area contributed by atoms with E-state index in [0.29, 0.717) is 12.6 Å². The second-order valence-corrected chi connectivity index (χ2v) is 5.94. The number of nitrogens with one attached hydrogen (secondary N) is 1. The molecule has 0 amide bonds. The third-order valence-corrected chi connectivity index (χ3v) is 3.35. The molecule has 1 aromatic heterocycles. The fourth-order valence-corrected chi connectivity index (χ4v) is 2.32. The van der Waals surface area contributed by atoms with Crippen LogP contribution in [0.25, 0.3) is 0 Å². The highest BCUT2D eigenvalue weighted by atomic mass is 16.5. The molecule has 114 valence electrons. The predicted molar refractivity (Wildman–Crippen MR) is 85.7 cm³/mol. The summed E-state index contributed by atoms with van der Waals surface area (Å²) >= 11 is 0. The molecule has 0 aliphatic rings. The van der Waals surface area contributed by atoms with E-state index in [0.717, 1.165) is 23.8 Å². The lowest BCUT2D eigenvalue weighted by atomic mass is 10.1. The van der Waals surface area contributed by atoms with Crippen LogP contribution in [0.5, 0.6) is 5.75 Å². The van der Waals surface area contributed by atoms with Crippen molar-refractivity contribution in [2.75, 3.05) is 0 Å².